The van der Waals surface area contributed by atoms with Gasteiger partial charge in [-0.25, -0.2) is 4.52 Å². The van der Waals surface area contributed by atoms with Crippen molar-refractivity contribution in [2.45, 2.75) is 32.6 Å². The van der Waals surface area contributed by atoms with Gasteiger partial charge in [0.1, 0.15) is 4.83 Å². The van der Waals surface area contributed by atoms with E-state index >= 15 is 0 Å². The van der Waals surface area contributed by atoms with Crippen molar-refractivity contribution in [1.29, 1.82) is 0 Å². The molecule has 6 rings (SSSR count). The molecular formula is C26H30N8O2S. The summed E-state index contributed by atoms with van der Waals surface area (Å²) < 4.78 is 3.44. The van der Waals surface area contributed by atoms with Gasteiger partial charge in [-0.15, -0.1) is 11.3 Å². The van der Waals surface area contributed by atoms with E-state index in [0.717, 1.165) is 34.9 Å². The molecule has 0 aromatic carbocycles. The average molecular weight is 519 g/mol. The van der Waals surface area contributed by atoms with Crippen LogP contribution in [0.4, 0.5) is 5.69 Å². The number of aryl methyl sites for hydroxylation is 2. The second-order valence-corrected chi connectivity index (χ2v) is 11.3. The first-order chi connectivity index (χ1) is 17.9. The summed E-state index contributed by atoms with van der Waals surface area (Å²) in [7, 11) is 1.86. The average Bonchev–Trinajstić information content (AvgIpc) is 3.63. The van der Waals surface area contributed by atoms with Crippen molar-refractivity contribution >= 4 is 33.7 Å². The van der Waals surface area contributed by atoms with Crippen molar-refractivity contribution in [3.63, 3.8) is 0 Å². The minimum absolute atomic E-state index is 0.187. The largest absolute Gasteiger partial charge is 0.351 e. The van der Waals surface area contributed by atoms with Gasteiger partial charge in [-0.1, -0.05) is 6.42 Å². The number of rotatable bonds is 7. The first-order valence-electron chi connectivity index (χ1n) is 12.6. The first kappa shape index (κ1) is 23.8. The van der Waals surface area contributed by atoms with Crippen LogP contribution in [-0.4, -0.2) is 67.3 Å². The second kappa shape index (κ2) is 9.38. The molecule has 4 aromatic rings. The maximum Gasteiger partial charge on any atom is 0.260 e. The van der Waals surface area contributed by atoms with Crippen LogP contribution in [-0.2, 0) is 7.05 Å². The fourth-order valence-corrected chi connectivity index (χ4v) is 6.36. The van der Waals surface area contributed by atoms with Crippen LogP contribution < -0.4 is 10.6 Å². The van der Waals surface area contributed by atoms with Crippen LogP contribution in [0.3, 0.4) is 0 Å². The molecule has 0 unspecified atom stereocenters. The van der Waals surface area contributed by atoms with E-state index < -0.39 is 0 Å². The van der Waals surface area contributed by atoms with Gasteiger partial charge < -0.3 is 15.5 Å². The van der Waals surface area contributed by atoms with Crippen molar-refractivity contribution in [3.8, 4) is 10.4 Å². The number of amides is 2. The molecule has 10 nitrogen and oxygen atoms in total. The fourth-order valence-electron chi connectivity index (χ4n) is 5.33. The van der Waals surface area contributed by atoms with Crippen LogP contribution in [0.5, 0.6) is 0 Å². The molecule has 1 saturated heterocycles. The van der Waals surface area contributed by atoms with Crippen LogP contribution in [0.15, 0.2) is 37.1 Å². The van der Waals surface area contributed by atoms with Gasteiger partial charge in [-0.3, -0.25) is 19.3 Å². The molecule has 2 aliphatic rings. The van der Waals surface area contributed by atoms with Crippen molar-refractivity contribution in [3.05, 3.63) is 53.9 Å². The lowest BCUT2D eigenvalue weighted by molar-refractivity contribution is 0.0945. The van der Waals surface area contributed by atoms with Crippen LogP contribution >= 0.6 is 11.3 Å². The Hall–Kier alpha value is -3.57. The van der Waals surface area contributed by atoms with E-state index in [2.05, 4.69) is 30.7 Å². The van der Waals surface area contributed by atoms with E-state index in [9.17, 15) is 9.59 Å². The molecule has 1 saturated carbocycles. The normalized spacial score (nSPS) is 16.8. The Kier molecular flexibility index (Phi) is 6.04. The molecule has 1 spiro atoms. The van der Waals surface area contributed by atoms with Crippen LogP contribution in [0, 0.1) is 12.3 Å². The van der Waals surface area contributed by atoms with E-state index in [4.69, 9.17) is 0 Å². The number of thiazole rings is 1. The van der Waals surface area contributed by atoms with E-state index in [-0.39, 0.29) is 11.8 Å². The number of pyridine rings is 1. The number of nitrogens with one attached hydrogen (secondary N) is 2. The van der Waals surface area contributed by atoms with Gasteiger partial charge >= 0.3 is 0 Å². The summed E-state index contributed by atoms with van der Waals surface area (Å²) in [4.78, 5) is 34.5. The molecule has 0 bridgehead atoms. The van der Waals surface area contributed by atoms with E-state index in [1.165, 1.54) is 37.0 Å². The maximum atomic E-state index is 13.2. The topological polar surface area (TPSA) is 109 Å². The quantitative estimate of drug-likeness (QED) is 0.388. The summed E-state index contributed by atoms with van der Waals surface area (Å²) in [5.41, 5.74) is 3.56. The lowest BCUT2D eigenvalue weighted by atomic mass is 9.68. The molecular weight excluding hydrogens is 488 g/mol. The number of carbonyl (C=O) groups is 2. The number of nitrogens with zero attached hydrogens (tertiary/aromatic N) is 6. The summed E-state index contributed by atoms with van der Waals surface area (Å²) in [5.74, 6) is -0.483. The molecule has 0 radical (unpaired) electrons. The number of anilines is 1. The molecule has 192 valence electrons. The Bertz CT molecular complexity index is 1480. The highest BCUT2D eigenvalue weighted by atomic mass is 32.1. The number of likely N-dealkylation sites (tertiary alicyclic amines) is 1. The number of hydrogen-bond acceptors (Lipinski definition) is 7. The third kappa shape index (κ3) is 4.64. The third-order valence-corrected chi connectivity index (χ3v) is 8.83. The molecule has 11 heteroatoms. The van der Waals surface area contributed by atoms with Crippen molar-refractivity contribution < 1.29 is 9.59 Å². The monoisotopic (exact) mass is 518 g/mol. The Morgan fingerprint density at radius 2 is 1.97 bits per heavy atom. The predicted octanol–water partition coefficient (Wildman–Crippen LogP) is 3.36. The third-order valence-electron chi connectivity index (χ3n) is 7.67. The fraction of sp³-hybridized carbons (Fsp3) is 0.423. The zero-order valence-corrected chi connectivity index (χ0v) is 21.8. The highest BCUT2D eigenvalue weighted by Gasteiger charge is 2.42. The first-order valence-corrected chi connectivity index (χ1v) is 13.5. The molecule has 5 heterocycles. The lowest BCUT2D eigenvalue weighted by Gasteiger charge is -2.38. The minimum atomic E-state index is -0.295. The second-order valence-electron chi connectivity index (χ2n) is 10.3. The molecule has 0 atom stereocenters. The number of aromatic nitrogens is 5. The highest BCUT2D eigenvalue weighted by molar-refractivity contribution is 7.21. The van der Waals surface area contributed by atoms with E-state index in [1.54, 1.807) is 40.8 Å². The number of carbonyl (C=O) groups excluding carboxylic acids is 2. The number of hydrogen-bond donors (Lipinski definition) is 2. The van der Waals surface area contributed by atoms with Gasteiger partial charge in [-0.2, -0.15) is 10.2 Å². The predicted molar refractivity (Wildman–Crippen MR) is 142 cm³/mol. The van der Waals surface area contributed by atoms with Crippen molar-refractivity contribution in [2.24, 2.45) is 12.5 Å². The molecule has 2 fully saturated rings. The molecule has 2 amide bonds. The summed E-state index contributed by atoms with van der Waals surface area (Å²) in [6, 6.07) is 1.69. The number of fused-ring (bicyclic) bond motifs is 1. The zero-order valence-electron chi connectivity index (χ0n) is 21.0. The molecule has 4 aromatic heterocycles. The van der Waals surface area contributed by atoms with Crippen LogP contribution in [0.25, 0.3) is 15.3 Å². The smallest absolute Gasteiger partial charge is 0.260 e. The summed E-state index contributed by atoms with van der Waals surface area (Å²) in [6.45, 7) is 5.53. The minimum Gasteiger partial charge on any atom is -0.351 e. The van der Waals surface area contributed by atoms with Gasteiger partial charge in [0.05, 0.1) is 39.8 Å². The highest BCUT2D eigenvalue weighted by Crippen LogP contribution is 2.47. The Morgan fingerprint density at radius 3 is 2.70 bits per heavy atom. The summed E-state index contributed by atoms with van der Waals surface area (Å²) in [6.07, 6.45) is 14.0. The molecule has 37 heavy (non-hydrogen) atoms. The van der Waals surface area contributed by atoms with E-state index in [0.29, 0.717) is 34.5 Å². The van der Waals surface area contributed by atoms with Gasteiger partial charge in [0.15, 0.2) is 0 Å². The van der Waals surface area contributed by atoms with Gasteiger partial charge in [0, 0.05) is 50.8 Å². The Morgan fingerprint density at radius 1 is 1.11 bits per heavy atom. The van der Waals surface area contributed by atoms with Gasteiger partial charge in [0.25, 0.3) is 11.8 Å². The van der Waals surface area contributed by atoms with Crippen LogP contribution in [0.2, 0.25) is 0 Å². The molecule has 1 aliphatic heterocycles. The van der Waals surface area contributed by atoms with Gasteiger partial charge in [-0.05, 0) is 44.2 Å². The Balaban J connectivity index is 1.10. The molecule has 2 N–H and O–H groups in total. The molecule has 1 aliphatic carbocycles. The summed E-state index contributed by atoms with van der Waals surface area (Å²) in [5, 5.41) is 14.5. The van der Waals surface area contributed by atoms with Crippen LogP contribution in [0.1, 0.15) is 52.1 Å². The van der Waals surface area contributed by atoms with Gasteiger partial charge in [0.2, 0.25) is 0 Å². The SMILES string of the molecule is Cc1ncc(C(=O)NCCN2CCC3(CCC3)C2)cc1NC(=O)c1cnn2cc(-c3cnn(C)c3)sc12. The standard InChI is InChI=1S/C26H30N8O2S/c1-17-21(10-18(11-28-17)23(35)27-7-9-33-8-6-26(16-33)4-3-5-26)31-24(36)20-13-30-34-15-22(37-25(20)34)19-12-29-32(2)14-19/h10-15H,3-9,16H2,1-2H3,(H,27,35)(H,31,36). The maximum absolute atomic E-state index is 13.2. The zero-order chi connectivity index (χ0) is 25.6. The lowest BCUT2D eigenvalue weighted by Crippen LogP contribution is -2.37. The Labute approximate surface area is 218 Å². The van der Waals surface area contributed by atoms with E-state index in [1.807, 2.05) is 19.4 Å². The summed E-state index contributed by atoms with van der Waals surface area (Å²) >= 11 is 1.48. The van der Waals surface area contributed by atoms with Crippen molar-refractivity contribution in [1.82, 2.24) is 34.6 Å². The van der Waals surface area contributed by atoms with Crippen molar-refractivity contribution in [2.75, 3.05) is 31.5 Å².